The van der Waals surface area contributed by atoms with Crippen molar-refractivity contribution in [3.8, 4) is 0 Å². The lowest BCUT2D eigenvalue weighted by Crippen LogP contribution is -2.28. The van der Waals surface area contributed by atoms with E-state index in [0.29, 0.717) is 23.1 Å². The summed E-state index contributed by atoms with van der Waals surface area (Å²) in [5.41, 5.74) is 0.641. The molecule has 0 saturated carbocycles. The van der Waals surface area contributed by atoms with Gasteiger partial charge < -0.3 is 10.2 Å². The zero-order valence-corrected chi connectivity index (χ0v) is 12.7. The maximum Gasteiger partial charge on any atom is 0.231 e. The Bertz CT molecular complexity index is 728. The normalized spacial score (nSPS) is 17.8. The number of amides is 2. The maximum absolute atomic E-state index is 12.3. The van der Waals surface area contributed by atoms with Crippen molar-refractivity contribution < 1.29 is 9.59 Å². The number of hydrogen-bond acceptors (Lipinski definition) is 3. The average Bonchev–Trinajstić information content (AvgIpc) is 3.06. The number of halogens is 1. The molecule has 114 valence electrons. The molecule has 0 radical (unpaired) electrons. The molecule has 1 N–H and O–H groups in total. The molecule has 2 heterocycles. The van der Waals surface area contributed by atoms with E-state index in [-0.39, 0.29) is 18.2 Å². The summed E-state index contributed by atoms with van der Waals surface area (Å²) in [7, 11) is 1.77. The Kier molecular flexibility index (Phi) is 3.85. The highest BCUT2D eigenvalue weighted by Gasteiger charge is 2.36. The van der Waals surface area contributed by atoms with E-state index in [0.717, 1.165) is 0 Å². The zero-order chi connectivity index (χ0) is 15.7. The molecule has 2 amide bonds. The molecule has 0 aliphatic carbocycles. The lowest BCUT2D eigenvalue weighted by Gasteiger charge is -2.17. The van der Waals surface area contributed by atoms with Gasteiger partial charge in [-0.2, -0.15) is 5.10 Å². The van der Waals surface area contributed by atoms with Crippen molar-refractivity contribution in [1.82, 2.24) is 9.78 Å². The summed E-state index contributed by atoms with van der Waals surface area (Å²) in [6, 6.07) is 8.83. The molecule has 7 heteroatoms. The molecule has 22 heavy (non-hydrogen) atoms. The van der Waals surface area contributed by atoms with E-state index in [9.17, 15) is 9.59 Å². The van der Waals surface area contributed by atoms with Crippen LogP contribution in [0.5, 0.6) is 0 Å². The Labute approximate surface area is 132 Å². The number of nitrogens with zero attached hydrogens (tertiary/aromatic N) is 3. The molecule has 3 rings (SSSR count). The van der Waals surface area contributed by atoms with Crippen molar-refractivity contribution in [2.75, 3.05) is 16.8 Å². The van der Waals surface area contributed by atoms with Gasteiger partial charge in [0.25, 0.3) is 0 Å². The van der Waals surface area contributed by atoms with Crippen LogP contribution in [0.15, 0.2) is 36.5 Å². The molecule has 1 aliphatic heterocycles. The Morgan fingerprint density at radius 3 is 2.82 bits per heavy atom. The summed E-state index contributed by atoms with van der Waals surface area (Å²) in [4.78, 5) is 26.0. The minimum Gasteiger partial charge on any atom is -0.310 e. The Hall–Kier alpha value is -2.34. The molecule has 1 aliphatic rings. The number of rotatable bonds is 3. The number of hydrogen-bond donors (Lipinski definition) is 1. The van der Waals surface area contributed by atoms with Crippen LogP contribution in [0.3, 0.4) is 0 Å². The number of anilines is 2. The molecule has 6 nitrogen and oxygen atoms in total. The quantitative estimate of drug-likeness (QED) is 0.942. The van der Waals surface area contributed by atoms with Gasteiger partial charge in [0.05, 0.1) is 16.6 Å². The summed E-state index contributed by atoms with van der Waals surface area (Å²) in [6.45, 7) is 0.321. The number of carbonyl (C=O) groups is 2. The zero-order valence-electron chi connectivity index (χ0n) is 12.0. The Morgan fingerprint density at radius 2 is 2.14 bits per heavy atom. The summed E-state index contributed by atoms with van der Waals surface area (Å²) >= 11 is 6.12. The second-order valence-corrected chi connectivity index (χ2v) is 5.63. The van der Waals surface area contributed by atoms with Gasteiger partial charge in [-0.1, -0.05) is 23.7 Å². The van der Waals surface area contributed by atoms with E-state index in [4.69, 9.17) is 11.6 Å². The van der Waals surface area contributed by atoms with E-state index >= 15 is 0 Å². The monoisotopic (exact) mass is 318 g/mol. The Balaban J connectivity index is 1.71. The predicted octanol–water partition coefficient (Wildman–Crippen LogP) is 2.07. The van der Waals surface area contributed by atoms with Crippen molar-refractivity contribution in [3.05, 3.63) is 41.6 Å². The fourth-order valence-electron chi connectivity index (χ4n) is 2.50. The molecule has 0 spiro atoms. The first-order chi connectivity index (χ1) is 10.5. The van der Waals surface area contributed by atoms with Gasteiger partial charge in [0, 0.05) is 32.3 Å². The third kappa shape index (κ3) is 2.82. The summed E-state index contributed by atoms with van der Waals surface area (Å²) in [6.07, 6.45) is 1.91. The van der Waals surface area contributed by atoms with Crippen molar-refractivity contribution >= 4 is 34.9 Å². The van der Waals surface area contributed by atoms with Gasteiger partial charge in [-0.3, -0.25) is 14.3 Å². The van der Waals surface area contributed by atoms with Gasteiger partial charge in [-0.15, -0.1) is 0 Å². The smallest absolute Gasteiger partial charge is 0.231 e. The van der Waals surface area contributed by atoms with Crippen LogP contribution in [0.25, 0.3) is 0 Å². The first-order valence-corrected chi connectivity index (χ1v) is 7.28. The molecular weight excluding hydrogens is 304 g/mol. The number of benzene rings is 1. The number of para-hydroxylation sites is 1. The van der Waals surface area contributed by atoms with Crippen LogP contribution in [0.4, 0.5) is 11.5 Å². The third-order valence-corrected chi connectivity index (χ3v) is 3.92. The highest BCUT2D eigenvalue weighted by molar-refractivity contribution is 6.33. The second-order valence-electron chi connectivity index (χ2n) is 5.22. The number of carbonyl (C=O) groups excluding carboxylic acids is 2. The van der Waals surface area contributed by atoms with Crippen LogP contribution in [-0.4, -0.2) is 28.1 Å². The van der Waals surface area contributed by atoms with E-state index in [2.05, 4.69) is 10.4 Å². The van der Waals surface area contributed by atoms with Gasteiger partial charge in [-0.25, -0.2) is 0 Å². The van der Waals surface area contributed by atoms with Crippen molar-refractivity contribution in [2.24, 2.45) is 13.0 Å². The van der Waals surface area contributed by atoms with Crippen molar-refractivity contribution in [3.63, 3.8) is 0 Å². The fourth-order valence-corrected chi connectivity index (χ4v) is 2.73. The number of nitrogens with one attached hydrogen (secondary N) is 1. The van der Waals surface area contributed by atoms with Crippen LogP contribution in [0, 0.1) is 5.92 Å². The summed E-state index contributed by atoms with van der Waals surface area (Å²) in [5, 5.41) is 7.33. The molecule has 1 aromatic carbocycles. The highest BCUT2D eigenvalue weighted by atomic mass is 35.5. The van der Waals surface area contributed by atoms with E-state index in [1.807, 2.05) is 6.07 Å². The first-order valence-electron chi connectivity index (χ1n) is 6.90. The Morgan fingerprint density at radius 1 is 1.36 bits per heavy atom. The van der Waals surface area contributed by atoms with Crippen LogP contribution < -0.4 is 10.2 Å². The summed E-state index contributed by atoms with van der Waals surface area (Å²) in [5.74, 6) is -0.238. The van der Waals surface area contributed by atoms with Crippen LogP contribution in [0.1, 0.15) is 6.42 Å². The van der Waals surface area contributed by atoms with Gasteiger partial charge in [0.1, 0.15) is 0 Å². The molecule has 2 aromatic rings. The molecule has 1 atom stereocenters. The van der Waals surface area contributed by atoms with Crippen LogP contribution in [-0.2, 0) is 16.6 Å². The lowest BCUT2D eigenvalue weighted by molar-refractivity contribution is -0.122. The van der Waals surface area contributed by atoms with Crippen LogP contribution in [0.2, 0.25) is 5.02 Å². The van der Waals surface area contributed by atoms with E-state index < -0.39 is 5.92 Å². The SMILES string of the molecule is Cn1ccc(NC(=O)[C@@H]2CC(=O)N(c3ccccc3Cl)C2)n1. The standard InChI is InChI=1S/C15H15ClN4O2/c1-19-7-6-13(18-19)17-15(22)10-8-14(21)20(9-10)12-5-3-2-4-11(12)16/h2-7,10H,8-9H2,1H3,(H,17,18,22)/t10-/m1/s1. The first kappa shape index (κ1) is 14.6. The van der Waals surface area contributed by atoms with Crippen molar-refractivity contribution in [1.29, 1.82) is 0 Å². The minimum absolute atomic E-state index is 0.103. The molecule has 1 saturated heterocycles. The second kappa shape index (κ2) is 5.81. The predicted molar refractivity (Wildman–Crippen MR) is 83.7 cm³/mol. The molecule has 1 aromatic heterocycles. The lowest BCUT2D eigenvalue weighted by atomic mass is 10.1. The van der Waals surface area contributed by atoms with Gasteiger partial charge in [0.15, 0.2) is 5.82 Å². The van der Waals surface area contributed by atoms with Crippen LogP contribution >= 0.6 is 11.6 Å². The van der Waals surface area contributed by atoms with Gasteiger partial charge in [-0.05, 0) is 12.1 Å². The third-order valence-electron chi connectivity index (χ3n) is 3.60. The highest BCUT2D eigenvalue weighted by Crippen LogP contribution is 2.31. The molecule has 1 fully saturated rings. The molecule has 0 unspecified atom stereocenters. The molecule has 0 bridgehead atoms. The van der Waals surface area contributed by atoms with E-state index in [1.165, 1.54) is 0 Å². The summed E-state index contributed by atoms with van der Waals surface area (Å²) < 4.78 is 1.60. The van der Waals surface area contributed by atoms with Gasteiger partial charge >= 0.3 is 0 Å². The number of aromatic nitrogens is 2. The largest absolute Gasteiger partial charge is 0.310 e. The number of aryl methyl sites for hydroxylation is 1. The maximum atomic E-state index is 12.3. The topological polar surface area (TPSA) is 67.2 Å². The molecular formula is C15H15ClN4O2. The fraction of sp³-hybridized carbons (Fsp3) is 0.267. The minimum atomic E-state index is -0.411. The average molecular weight is 319 g/mol. The van der Waals surface area contributed by atoms with Crippen molar-refractivity contribution in [2.45, 2.75) is 6.42 Å². The van der Waals surface area contributed by atoms with Gasteiger partial charge in [0.2, 0.25) is 11.8 Å². The van der Waals surface area contributed by atoms with E-state index in [1.54, 1.807) is 47.1 Å².